The summed E-state index contributed by atoms with van der Waals surface area (Å²) in [5, 5.41) is 0.674. The van der Waals surface area contributed by atoms with Gasteiger partial charge < -0.3 is 10.5 Å². The largest absolute Gasteiger partial charge is 0.489 e. The second kappa shape index (κ2) is 6.25. The van der Waals surface area contributed by atoms with Crippen LogP contribution in [0.25, 0.3) is 11.1 Å². The minimum absolute atomic E-state index is 0.0784. The Morgan fingerprint density at radius 3 is 2.45 bits per heavy atom. The monoisotopic (exact) mass is 290 g/mol. The molecule has 3 nitrogen and oxygen atoms in total. The smallest absolute Gasteiger partial charge is 0.138 e. The van der Waals surface area contributed by atoms with Gasteiger partial charge in [-0.15, -0.1) is 0 Å². The second-order valence-corrected chi connectivity index (χ2v) is 5.51. The van der Waals surface area contributed by atoms with Crippen molar-refractivity contribution in [3.63, 3.8) is 0 Å². The number of rotatable bonds is 4. The van der Waals surface area contributed by atoms with Gasteiger partial charge in [-0.25, -0.2) is 0 Å². The summed E-state index contributed by atoms with van der Waals surface area (Å²) in [7, 11) is 0. The van der Waals surface area contributed by atoms with Crippen LogP contribution in [0.2, 0.25) is 5.02 Å². The van der Waals surface area contributed by atoms with Crippen LogP contribution in [0.15, 0.2) is 36.7 Å². The van der Waals surface area contributed by atoms with Crippen molar-refractivity contribution in [2.75, 3.05) is 0 Å². The van der Waals surface area contributed by atoms with E-state index in [2.05, 4.69) is 4.98 Å². The van der Waals surface area contributed by atoms with Gasteiger partial charge in [0.25, 0.3) is 0 Å². The molecule has 0 amide bonds. The van der Waals surface area contributed by atoms with Crippen molar-refractivity contribution in [3.05, 3.63) is 47.2 Å². The number of ether oxygens (including phenoxy) is 1. The van der Waals surface area contributed by atoms with E-state index in [9.17, 15) is 0 Å². The topological polar surface area (TPSA) is 48.1 Å². The summed E-state index contributed by atoms with van der Waals surface area (Å²) >= 11 is 6.27. The molecule has 1 heterocycles. The molecule has 2 rings (SSSR count). The van der Waals surface area contributed by atoms with Crippen LogP contribution < -0.4 is 10.5 Å². The summed E-state index contributed by atoms with van der Waals surface area (Å²) in [6, 6.07) is 7.75. The molecule has 0 saturated carbocycles. The molecule has 1 unspecified atom stereocenters. The molecule has 106 valence electrons. The Balaban J connectivity index is 2.34. The fraction of sp³-hybridized carbons (Fsp3) is 0.312. The van der Waals surface area contributed by atoms with E-state index in [1.165, 1.54) is 0 Å². The zero-order chi connectivity index (χ0) is 14.7. The third-order valence-corrected chi connectivity index (χ3v) is 3.24. The van der Waals surface area contributed by atoms with Crippen LogP contribution >= 0.6 is 11.6 Å². The highest BCUT2D eigenvalue weighted by atomic mass is 35.5. The maximum absolute atomic E-state index is 6.27. The first kappa shape index (κ1) is 14.8. The standard InChI is InChI=1S/C16H19ClN2O/c1-10(2)20-14-6-13(8-19-9-14)12-4-5-15(11(3)18)16(17)7-12/h4-11H,18H2,1-3H3. The van der Waals surface area contributed by atoms with Gasteiger partial charge in [0.15, 0.2) is 0 Å². The Morgan fingerprint density at radius 2 is 1.85 bits per heavy atom. The van der Waals surface area contributed by atoms with E-state index in [-0.39, 0.29) is 12.1 Å². The minimum Gasteiger partial charge on any atom is -0.489 e. The van der Waals surface area contributed by atoms with Crippen LogP contribution in [0, 0.1) is 0 Å². The molecule has 0 fully saturated rings. The second-order valence-electron chi connectivity index (χ2n) is 5.10. The van der Waals surface area contributed by atoms with Crippen LogP contribution in [0.1, 0.15) is 32.4 Å². The molecule has 2 N–H and O–H groups in total. The Kier molecular flexibility index (Phi) is 4.63. The molecule has 0 spiro atoms. The normalized spacial score (nSPS) is 12.5. The Labute approximate surface area is 124 Å². The van der Waals surface area contributed by atoms with Crippen molar-refractivity contribution >= 4 is 11.6 Å². The van der Waals surface area contributed by atoms with Crippen LogP contribution in [0.3, 0.4) is 0 Å². The third-order valence-electron chi connectivity index (χ3n) is 2.91. The molecule has 1 aromatic carbocycles. The maximum atomic E-state index is 6.27. The van der Waals surface area contributed by atoms with Crippen molar-refractivity contribution in [1.82, 2.24) is 4.98 Å². The molecule has 0 radical (unpaired) electrons. The summed E-state index contributed by atoms with van der Waals surface area (Å²) in [6.45, 7) is 5.89. The Hall–Kier alpha value is -1.58. The summed E-state index contributed by atoms with van der Waals surface area (Å²) in [4.78, 5) is 4.21. The van der Waals surface area contributed by atoms with Crippen LogP contribution in [-0.2, 0) is 0 Å². The van der Waals surface area contributed by atoms with Gasteiger partial charge in [0.2, 0.25) is 0 Å². The van der Waals surface area contributed by atoms with Gasteiger partial charge in [0.05, 0.1) is 12.3 Å². The van der Waals surface area contributed by atoms with Crippen molar-refractivity contribution in [2.24, 2.45) is 5.73 Å². The third kappa shape index (κ3) is 3.50. The fourth-order valence-corrected chi connectivity index (χ4v) is 2.34. The van der Waals surface area contributed by atoms with Gasteiger partial charge in [-0.05, 0) is 44.0 Å². The summed E-state index contributed by atoms with van der Waals surface area (Å²) in [5.74, 6) is 0.755. The average molecular weight is 291 g/mol. The predicted molar refractivity (Wildman–Crippen MR) is 83.0 cm³/mol. The van der Waals surface area contributed by atoms with E-state index in [4.69, 9.17) is 22.1 Å². The zero-order valence-electron chi connectivity index (χ0n) is 11.9. The first-order valence-corrected chi connectivity index (χ1v) is 7.02. The number of pyridine rings is 1. The number of aromatic nitrogens is 1. The summed E-state index contributed by atoms with van der Waals surface area (Å²) in [6.07, 6.45) is 3.63. The molecule has 0 bridgehead atoms. The first-order chi connectivity index (χ1) is 9.47. The van der Waals surface area contributed by atoms with E-state index in [0.717, 1.165) is 22.4 Å². The van der Waals surface area contributed by atoms with Gasteiger partial charge in [0.1, 0.15) is 5.75 Å². The highest BCUT2D eigenvalue weighted by Crippen LogP contribution is 2.29. The van der Waals surface area contributed by atoms with Crippen molar-refractivity contribution < 1.29 is 4.74 Å². The number of halogens is 1. The number of nitrogens with two attached hydrogens (primary N) is 1. The lowest BCUT2D eigenvalue weighted by molar-refractivity contribution is 0.241. The van der Waals surface area contributed by atoms with E-state index < -0.39 is 0 Å². The van der Waals surface area contributed by atoms with E-state index in [1.807, 2.05) is 45.0 Å². The molecule has 1 aromatic heterocycles. The number of benzene rings is 1. The lowest BCUT2D eigenvalue weighted by atomic mass is 10.0. The lowest BCUT2D eigenvalue weighted by Gasteiger charge is -2.12. The molecule has 0 aliphatic carbocycles. The number of hydrogen-bond acceptors (Lipinski definition) is 3. The quantitative estimate of drug-likeness (QED) is 0.917. The van der Waals surface area contributed by atoms with Crippen LogP contribution in [0.4, 0.5) is 0 Å². The Bertz CT molecular complexity index is 597. The molecular weight excluding hydrogens is 272 g/mol. The van der Waals surface area contributed by atoms with Crippen molar-refractivity contribution in [1.29, 1.82) is 0 Å². The maximum Gasteiger partial charge on any atom is 0.138 e. The summed E-state index contributed by atoms with van der Waals surface area (Å²) in [5.41, 5.74) is 8.78. The molecule has 1 atom stereocenters. The highest BCUT2D eigenvalue weighted by molar-refractivity contribution is 6.31. The number of nitrogens with zero attached hydrogens (tertiary/aromatic N) is 1. The van der Waals surface area contributed by atoms with Crippen molar-refractivity contribution in [2.45, 2.75) is 32.9 Å². The molecule has 0 aliphatic rings. The van der Waals surface area contributed by atoms with E-state index >= 15 is 0 Å². The van der Waals surface area contributed by atoms with Gasteiger partial charge in [-0.3, -0.25) is 4.98 Å². The highest BCUT2D eigenvalue weighted by Gasteiger charge is 2.08. The van der Waals surface area contributed by atoms with Gasteiger partial charge in [-0.1, -0.05) is 23.7 Å². The molecule has 20 heavy (non-hydrogen) atoms. The van der Waals surface area contributed by atoms with Gasteiger partial charge >= 0.3 is 0 Å². The molecule has 4 heteroatoms. The predicted octanol–water partition coefficient (Wildman–Crippen LogP) is 4.21. The van der Waals surface area contributed by atoms with E-state index in [0.29, 0.717) is 5.02 Å². The van der Waals surface area contributed by atoms with E-state index in [1.54, 1.807) is 12.4 Å². The van der Waals surface area contributed by atoms with Crippen LogP contribution in [0.5, 0.6) is 5.75 Å². The van der Waals surface area contributed by atoms with Crippen LogP contribution in [-0.4, -0.2) is 11.1 Å². The first-order valence-electron chi connectivity index (χ1n) is 6.64. The zero-order valence-corrected chi connectivity index (χ0v) is 12.7. The summed E-state index contributed by atoms with van der Waals surface area (Å²) < 4.78 is 5.65. The minimum atomic E-state index is -0.0784. The fourth-order valence-electron chi connectivity index (χ4n) is 1.99. The van der Waals surface area contributed by atoms with Gasteiger partial charge in [-0.2, -0.15) is 0 Å². The Morgan fingerprint density at radius 1 is 1.10 bits per heavy atom. The molecule has 2 aromatic rings. The lowest BCUT2D eigenvalue weighted by Crippen LogP contribution is -2.06. The molecular formula is C16H19ClN2O. The van der Waals surface area contributed by atoms with Crippen molar-refractivity contribution in [3.8, 4) is 16.9 Å². The number of hydrogen-bond donors (Lipinski definition) is 1. The molecule has 0 aliphatic heterocycles. The SMILES string of the molecule is CC(C)Oc1cncc(-c2ccc(C(C)N)c(Cl)c2)c1. The van der Waals surface area contributed by atoms with Gasteiger partial charge in [0, 0.05) is 22.8 Å². The molecule has 0 saturated heterocycles. The average Bonchev–Trinajstić information content (AvgIpc) is 2.37.